The summed E-state index contributed by atoms with van der Waals surface area (Å²) < 4.78 is 5.42. The SMILES string of the molecule is CCOc1ccnc(N2CCN(c3nccnc3C#N)CC2)n1. The summed E-state index contributed by atoms with van der Waals surface area (Å²) in [4.78, 5) is 21.2. The second-order valence-electron chi connectivity index (χ2n) is 4.94. The van der Waals surface area contributed by atoms with Gasteiger partial charge in [-0.2, -0.15) is 10.2 Å². The highest BCUT2D eigenvalue weighted by Crippen LogP contribution is 2.19. The predicted molar refractivity (Wildman–Crippen MR) is 84.4 cm³/mol. The predicted octanol–water partition coefficient (Wildman–Crippen LogP) is 0.864. The molecule has 118 valence electrons. The third kappa shape index (κ3) is 3.29. The van der Waals surface area contributed by atoms with Gasteiger partial charge in [-0.1, -0.05) is 0 Å². The number of hydrogen-bond acceptors (Lipinski definition) is 8. The molecule has 0 aliphatic carbocycles. The van der Waals surface area contributed by atoms with Gasteiger partial charge in [-0.15, -0.1) is 0 Å². The van der Waals surface area contributed by atoms with Crippen LogP contribution >= 0.6 is 0 Å². The van der Waals surface area contributed by atoms with E-state index in [0.717, 1.165) is 26.2 Å². The number of anilines is 2. The van der Waals surface area contributed by atoms with Crippen molar-refractivity contribution in [1.29, 1.82) is 5.26 Å². The van der Waals surface area contributed by atoms with Gasteiger partial charge in [0.25, 0.3) is 0 Å². The van der Waals surface area contributed by atoms with Crippen molar-refractivity contribution in [3.05, 3.63) is 30.4 Å². The highest BCUT2D eigenvalue weighted by Gasteiger charge is 2.22. The lowest BCUT2D eigenvalue weighted by Crippen LogP contribution is -2.47. The average Bonchev–Trinajstić information content (AvgIpc) is 2.62. The van der Waals surface area contributed by atoms with Crippen LogP contribution in [0.4, 0.5) is 11.8 Å². The Labute approximate surface area is 134 Å². The van der Waals surface area contributed by atoms with Crippen LogP contribution in [0.15, 0.2) is 24.7 Å². The van der Waals surface area contributed by atoms with Crippen molar-refractivity contribution in [2.45, 2.75) is 6.92 Å². The molecule has 3 rings (SSSR count). The second-order valence-corrected chi connectivity index (χ2v) is 4.94. The van der Waals surface area contributed by atoms with Gasteiger partial charge in [-0.3, -0.25) is 0 Å². The molecule has 8 nitrogen and oxygen atoms in total. The minimum absolute atomic E-state index is 0.357. The molecule has 0 saturated carbocycles. The minimum atomic E-state index is 0.357. The van der Waals surface area contributed by atoms with Crippen LogP contribution in [0, 0.1) is 11.3 Å². The number of aromatic nitrogens is 4. The van der Waals surface area contributed by atoms with Crippen molar-refractivity contribution in [3.63, 3.8) is 0 Å². The molecule has 0 atom stereocenters. The Balaban J connectivity index is 1.69. The van der Waals surface area contributed by atoms with Gasteiger partial charge in [-0.05, 0) is 6.92 Å². The fourth-order valence-corrected chi connectivity index (χ4v) is 2.47. The molecule has 0 bridgehead atoms. The number of nitrogens with zero attached hydrogens (tertiary/aromatic N) is 7. The number of rotatable bonds is 4. The molecule has 3 heterocycles. The molecule has 0 amide bonds. The van der Waals surface area contributed by atoms with Gasteiger partial charge in [0.05, 0.1) is 6.61 Å². The monoisotopic (exact) mass is 311 g/mol. The third-order valence-corrected chi connectivity index (χ3v) is 3.56. The van der Waals surface area contributed by atoms with Crippen molar-refractivity contribution < 1.29 is 4.74 Å². The molecule has 0 radical (unpaired) electrons. The Morgan fingerprint density at radius 1 is 1.09 bits per heavy atom. The van der Waals surface area contributed by atoms with Crippen molar-refractivity contribution in [2.24, 2.45) is 0 Å². The smallest absolute Gasteiger partial charge is 0.228 e. The lowest BCUT2D eigenvalue weighted by Gasteiger charge is -2.35. The molecule has 1 saturated heterocycles. The van der Waals surface area contributed by atoms with Gasteiger partial charge >= 0.3 is 0 Å². The van der Waals surface area contributed by atoms with E-state index in [1.165, 1.54) is 6.20 Å². The molecule has 8 heteroatoms. The Kier molecular flexibility index (Phi) is 4.47. The molecule has 0 unspecified atom stereocenters. The molecular weight excluding hydrogens is 294 g/mol. The maximum Gasteiger partial charge on any atom is 0.228 e. The van der Waals surface area contributed by atoms with Crippen LogP contribution in [0.25, 0.3) is 0 Å². The van der Waals surface area contributed by atoms with Gasteiger partial charge in [0, 0.05) is 50.8 Å². The lowest BCUT2D eigenvalue weighted by molar-refractivity contribution is 0.326. The Bertz CT molecular complexity index is 707. The summed E-state index contributed by atoms with van der Waals surface area (Å²) in [6, 6.07) is 3.84. The van der Waals surface area contributed by atoms with Crippen LogP contribution in [-0.4, -0.2) is 52.7 Å². The van der Waals surface area contributed by atoms with Crippen LogP contribution in [-0.2, 0) is 0 Å². The van der Waals surface area contributed by atoms with Crippen LogP contribution in [0.2, 0.25) is 0 Å². The fraction of sp³-hybridized carbons (Fsp3) is 0.400. The summed E-state index contributed by atoms with van der Waals surface area (Å²) in [6.45, 7) is 5.46. The van der Waals surface area contributed by atoms with Gasteiger partial charge in [0.1, 0.15) is 6.07 Å². The lowest BCUT2D eigenvalue weighted by atomic mass is 10.3. The summed E-state index contributed by atoms with van der Waals surface area (Å²) in [6.07, 6.45) is 4.85. The first-order chi connectivity index (χ1) is 11.3. The van der Waals surface area contributed by atoms with E-state index in [9.17, 15) is 0 Å². The zero-order valence-electron chi connectivity index (χ0n) is 12.9. The third-order valence-electron chi connectivity index (χ3n) is 3.56. The summed E-state index contributed by atoms with van der Waals surface area (Å²) in [7, 11) is 0. The largest absolute Gasteiger partial charge is 0.478 e. The zero-order valence-corrected chi connectivity index (χ0v) is 12.9. The normalized spacial score (nSPS) is 14.4. The molecule has 0 N–H and O–H groups in total. The molecule has 2 aromatic heterocycles. The molecule has 1 aliphatic rings. The van der Waals surface area contributed by atoms with E-state index in [4.69, 9.17) is 10.00 Å². The van der Waals surface area contributed by atoms with Gasteiger partial charge in [-0.25, -0.2) is 15.0 Å². The van der Waals surface area contributed by atoms with Crippen LogP contribution in [0.1, 0.15) is 12.6 Å². The van der Waals surface area contributed by atoms with E-state index >= 15 is 0 Å². The maximum absolute atomic E-state index is 9.14. The highest BCUT2D eigenvalue weighted by molar-refractivity contribution is 5.51. The summed E-state index contributed by atoms with van der Waals surface area (Å²) >= 11 is 0. The standard InChI is InChI=1S/C15H17N7O/c1-2-23-13-3-4-19-15(20-13)22-9-7-21(8-10-22)14-12(11-16)17-5-6-18-14/h3-6H,2,7-10H2,1H3. The summed E-state index contributed by atoms with van der Waals surface area (Å²) in [5.74, 6) is 1.88. The first-order valence-electron chi connectivity index (χ1n) is 7.48. The van der Waals surface area contributed by atoms with Crippen LogP contribution < -0.4 is 14.5 Å². The zero-order chi connectivity index (χ0) is 16.1. The number of ether oxygens (including phenoxy) is 1. The first-order valence-corrected chi connectivity index (χ1v) is 7.48. The Hall–Kier alpha value is -2.95. The number of hydrogen-bond donors (Lipinski definition) is 0. The van der Waals surface area contributed by atoms with E-state index in [0.29, 0.717) is 29.9 Å². The van der Waals surface area contributed by atoms with E-state index in [1.807, 2.05) is 6.92 Å². The molecule has 0 spiro atoms. The van der Waals surface area contributed by atoms with Crippen molar-refractivity contribution in [1.82, 2.24) is 19.9 Å². The number of piperazine rings is 1. The van der Waals surface area contributed by atoms with Crippen molar-refractivity contribution in [2.75, 3.05) is 42.6 Å². The van der Waals surface area contributed by atoms with Crippen molar-refractivity contribution in [3.8, 4) is 11.9 Å². The van der Waals surface area contributed by atoms with Gasteiger partial charge < -0.3 is 14.5 Å². The summed E-state index contributed by atoms with van der Waals surface area (Å²) in [5.41, 5.74) is 0.357. The minimum Gasteiger partial charge on any atom is -0.478 e. The highest BCUT2D eigenvalue weighted by atomic mass is 16.5. The Morgan fingerprint density at radius 3 is 2.57 bits per heavy atom. The maximum atomic E-state index is 9.14. The molecular formula is C15H17N7O. The van der Waals surface area contributed by atoms with Crippen LogP contribution in [0.5, 0.6) is 5.88 Å². The second kappa shape index (κ2) is 6.87. The van der Waals surface area contributed by atoms with E-state index in [1.54, 1.807) is 18.5 Å². The van der Waals surface area contributed by atoms with Crippen molar-refractivity contribution >= 4 is 11.8 Å². The topological polar surface area (TPSA) is 91.1 Å². The quantitative estimate of drug-likeness (QED) is 0.821. The van der Waals surface area contributed by atoms with Gasteiger partial charge in [0.15, 0.2) is 11.5 Å². The molecule has 23 heavy (non-hydrogen) atoms. The van der Waals surface area contributed by atoms with E-state index in [2.05, 4.69) is 35.8 Å². The molecule has 1 fully saturated rings. The van der Waals surface area contributed by atoms with E-state index in [-0.39, 0.29) is 0 Å². The first kappa shape index (κ1) is 15.0. The molecule has 1 aliphatic heterocycles. The number of nitriles is 1. The Morgan fingerprint density at radius 2 is 1.83 bits per heavy atom. The summed E-state index contributed by atoms with van der Waals surface area (Å²) in [5, 5.41) is 9.14. The molecule has 2 aromatic rings. The van der Waals surface area contributed by atoms with E-state index < -0.39 is 0 Å². The van der Waals surface area contributed by atoms with Crippen LogP contribution in [0.3, 0.4) is 0 Å². The fourth-order valence-electron chi connectivity index (χ4n) is 2.47. The average molecular weight is 311 g/mol. The molecule has 0 aromatic carbocycles. The van der Waals surface area contributed by atoms with Gasteiger partial charge in [0.2, 0.25) is 11.8 Å².